The van der Waals surface area contributed by atoms with Crippen LogP contribution in [0.2, 0.25) is 0 Å². The van der Waals surface area contributed by atoms with Gasteiger partial charge in [0.05, 0.1) is 23.7 Å². The fourth-order valence-electron chi connectivity index (χ4n) is 4.20. The third kappa shape index (κ3) is 8.64. The number of amides is 3. The first-order valence-corrected chi connectivity index (χ1v) is 14.2. The average molecular weight is 684 g/mol. The van der Waals surface area contributed by atoms with E-state index in [2.05, 4.69) is 25.2 Å². The first kappa shape index (κ1) is 33.4. The van der Waals surface area contributed by atoms with Crippen molar-refractivity contribution in [1.82, 2.24) is 10.2 Å². The van der Waals surface area contributed by atoms with Crippen LogP contribution in [0.25, 0.3) is 22.9 Å². The van der Waals surface area contributed by atoms with Crippen LogP contribution < -0.4 is 15.0 Å². The zero-order valence-electron chi connectivity index (χ0n) is 23.8. The van der Waals surface area contributed by atoms with E-state index in [-0.39, 0.29) is 50.8 Å². The molecule has 0 aliphatic carbocycles. The summed E-state index contributed by atoms with van der Waals surface area (Å²) in [7, 11) is 0. The second-order valence-electron chi connectivity index (χ2n) is 9.76. The second kappa shape index (κ2) is 13.4. The fourth-order valence-corrected chi connectivity index (χ4v) is 5.06. The van der Waals surface area contributed by atoms with E-state index in [1.807, 2.05) is 0 Å². The van der Waals surface area contributed by atoms with E-state index in [4.69, 9.17) is 9.15 Å². The molecular formula is C29H20F7N5O5S. The van der Waals surface area contributed by atoms with Crippen molar-refractivity contribution in [2.45, 2.75) is 26.1 Å². The lowest BCUT2D eigenvalue weighted by molar-refractivity contribution is -0.274. The second-order valence-corrected chi connectivity index (χ2v) is 10.7. The number of aliphatic imine (C=N–C) groups is 1. The smallest absolute Gasteiger partial charge is 0.416 e. The Morgan fingerprint density at radius 2 is 1.68 bits per heavy atom. The molecule has 0 radical (unpaired) electrons. The first-order valence-electron chi connectivity index (χ1n) is 13.2. The Morgan fingerprint density at radius 3 is 2.34 bits per heavy atom. The monoisotopic (exact) mass is 683 g/mol. The summed E-state index contributed by atoms with van der Waals surface area (Å²) < 4.78 is 104. The molecule has 18 heteroatoms. The van der Waals surface area contributed by atoms with Crippen LogP contribution in [0.15, 0.2) is 70.1 Å². The van der Waals surface area contributed by atoms with E-state index in [0.717, 1.165) is 34.9 Å². The van der Waals surface area contributed by atoms with E-state index in [0.29, 0.717) is 5.56 Å². The summed E-state index contributed by atoms with van der Waals surface area (Å²) in [6.45, 7) is -0.259. The van der Waals surface area contributed by atoms with Crippen molar-refractivity contribution in [3.63, 3.8) is 0 Å². The number of hydrogen-bond donors (Lipinski definition) is 1. The normalized spacial score (nSPS) is 14.6. The molecule has 1 aliphatic heterocycles. The van der Waals surface area contributed by atoms with Gasteiger partial charge in [0.1, 0.15) is 18.2 Å². The number of urea groups is 1. The van der Waals surface area contributed by atoms with E-state index >= 15 is 0 Å². The maximum atomic E-state index is 15.0. The molecule has 0 atom stereocenters. The molecule has 10 nitrogen and oxygen atoms in total. The molecule has 2 heterocycles. The molecule has 3 amide bonds. The number of aryl methyl sites for hydroxylation is 1. The number of benzene rings is 3. The molecule has 1 fully saturated rings. The van der Waals surface area contributed by atoms with Gasteiger partial charge in [-0.1, -0.05) is 23.9 Å². The Hall–Kier alpha value is -4.97. The molecule has 1 aromatic heterocycles. The number of hydrogen-bond acceptors (Lipinski definition) is 8. The van der Waals surface area contributed by atoms with Crippen molar-refractivity contribution in [3.05, 3.63) is 77.6 Å². The molecule has 1 saturated heterocycles. The van der Waals surface area contributed by atoms with E-state index < -0.39 is 49.3 Å². The molecular weight excluding hydrogens is 663 g/mol. The number of carbonyl (C=O) groups excluding carboxylic acids is 2. The number of ether oxygens (including phenoxy) is 2. The Labute approximate surface area is 264 Å². The van der Waals surface area contributed by atoms with Gasteiger partial charge in [0.2, 0.25) is 17.7 Å². The van der Waals surface area contributed by atoms with Gasteiger partial charge in [0, 0.05) is 16.7 Å². The lowest BCUT2D eigenvalue weighted by Crippen LogP contribution is -2.31. The number of alkyl halides is 6. The van der Waals surface area contributed by atoms with Crippen molar-refractivity contribution in [1.29, 1.82) is 0 Å². The van der Waals surface area contributed by atoms with Crippen molar-refractivity contribution in [2.24, 2.45) is 4.99 Å². The molecule has 3 aromatic carbocycles. The number of nitrogens with one attached hydrogen (secondary N) is 1. The summed E-state index contributed by atoms with van der Waals surface area (Å²) in [6, 6.07) is 11.8. The number of aromatic nitrogens is 2. The topological polar surface area (TPSA) is 119 Å². The van der Waals surface area contributed by atoms with Crippen LogP contribution in [-0.4, -0.2) is 52.2 Å². The lowest BCUT2D eigenvalue weighted by Gasteiger charge is -2.21. The maximum absolute atomic E-state index is 15.0. The van der Waals surface area contributed by atoms with Gasteiger partial charge in [0.25, 0.3) is 0 Å². The minimum Gasteiger partial charge on any atom is -0.416 e. The molecule has 246 valence electrons. The third-order valence-electron chi connectivity index (χ3n) is 6.19. The van der Waals surface area contributed by atoms with Crippen LogP contribution in [0.5, 0.6) is 5.75 Å². The van der Waals surface area contributed by atoms with Crippen molar-refractivity contribution in [3.8, 4) is 28.7 Å². The summed E-state index contributed by atoms with van der Waals surface area (Å²) in [4.78, 5) is 30.5. The number of amidine groups is 1. The van der Waals surface area contributed by atoms with E-state index in [9.17, 15) is 40.3 Å². The number of carbonyl (C=O) groups is 2. The van der Waals surface area contributed by atoms with Crippen LogP contribution in [0.1, 0.15) is 11.1 Å². The number of nitrogens with zero attached hydrogens (tertiary/aromatic N) is 4. The molecule has 0 spiro atoms. The largest absolute Gasteiger partial charge is 0.573 e. The van der Waals surface area contributed by atoms with E-state index in [1.54, 1.807) is 19.1 Å². The molecule has 0 bridgehead atoms. The zero-order valence-corrected chi connectivity index (χ0v) is 24.6. The molecule has 1 aliphatic rings. The van der Waals surface area contributed by atoms with E-state index in [1.165, 1.54) is 30.3 Å². The summed E-state index contributed by atoms with van der Waals surface area (Å²) in [5, 5.41) is 9.84. The Balaban J connectivity index is 1.29. The fraction of sp³-hybridized carbons (Fsp3) is 0.207. The SMILES string of the molecule is Cc1ccc(COCC(F)(F)F)c(N2C(=O)CSC2=NC(=O)Nc2ccc(-c3nnc(-c4ccc(OC(F)(F)F)cc4)o3)cc2F)c1. The Kier molecular flexibility index (Phi) is 9.53. The highest BCUT2D eigenvalue weighted by Crippen LogP contribution is 2.33. The van der Waals surface area contributed by atoms with Crippen LogP contribution in [-0.2, 0) is 16.1 Å². The Bertz CT molecular complexity index is 1830. The van der Waals surface area contributed by atoms with Gasteiger partial charge in [-0.3, -0.25) is 9.69 Å². The predicted octanol–water partition coefficient (Wildman–Crippen LogP) is 7.50. The number of thioether (sulfide) groups is 1. The molecule has 1 N–H and O–H groups in total. The van der Waals surface area contributed by atoms with Crippen molar-refractivity contribution in [2.75, 3.05) is 22.6 Å². The quantitative estimate of drug-likeness (QED) is 0.190. The first-order chi connectivity index (χ1) is 22.1. The van der Waals surface area contributed by atoms with Crippen LogP contribution in [0, 0.1) is 12.7 Å². The number of rotatable bonds is 8. The molecule has 0 unspecified atom stereocenters. The number of anilines is 2. The highest BCUT2D eigenvalue weighted by molar-refractivity contribution is 8.15. The minimum atomic E-state index is -4.86. The van der Waals surface area contributed by atoms with Gasteiger partial charge in [0.15, 0.2) is 5.17 Å². The third-order valence-corrected chi connectivity index (χ3v) is 7.11. The zero-order chi connectivity index (χ0) is 33.9. The highest BCUT2D eigenvalue weighted by Gasteiger charge is 2.33. The molecule has 0 saturated carbocycles. The summed E-state index contributed by atoms with van der Waals surface area (Å²) >= 11 is 0.909. The van der Waals surface area contributed by atoms with Crippen molar-refractivity contribution < 1.29 is 54.2 Å². The summed E-state index contributed by atoms with van der Waals surface area (Å²) in [5.41, 5.74) is 1.21. The molecule has 5 rings (SSSR count). The Morgan fingerprint density at radius 1 is 1.00 bits per heavy atom. The standard InChI is InChI=1S/C29H20F7N5O5S/c1-15-2-3-18(12-44-14-28(31,32)33)22(10-15)41-23(42)13-47-27(41)38-26(43)37-21-9-6-17(11-20(21)30)25-40-39-24(45-25)16-4-7-19(8-5-16)46-29(34,35)36/h2-11H,12-14H2,1H3,(H,37,43). The number of halogens is 7. The highest BCUT2D eigenvalue weighted by atomic mass is 32.2. The van der Waals surface area contributed by atoms with Crippen LogP contribution in [0.3, 0.4) is 0 Å². The van der Waals surface area contributed by atoms with Gasteiger partial charge in [-0.15, -0.1) is 23.4 Å². The summed E-state index contributed by atoms with van der Waals surface area (Å²) in [5.74, 6) is -2.15. The molecule has 47 heavy (non-hydrogen) atoms. The predicted molar refractivity (Wildman–Crippen MR) is 155 cm³/mol. The van der Waals surface area contributed by atoms with Crippen LogP contribution >= 0.6 is 11.8 Å². The van der Waals surface area contributed by atoms with Crippen LogP contribution in [0.4, 0.5) is 46.9 Å². The molecule has 4 aromatic rings. The maximum Gasteiger partial charge on any atom is 0.573 e. The van der Waals surface area contributed by atoms with Crippen molar-refractivity contribution >= 4 is 40.2 Å². The van der Waals surface area contributed by atoms with Gasteiger partial charge in [-0.05, 0) is 61.0 Å². The average Bonchev–Trinajstić information content (AvgIpc) is 3.61. The minimum absolute atomic E-state index is 0.0657. The van der Waals surface area contributed by atoms with Gasteiger partial charge in [-0.2, -0.15) is 18.2 Å². The van der Waals surface area contributed by atoms with Gasteiger partial charge in [-0.25, -0.2) is 9.18 Å². The lowest BCUT2D eigenvalue weighted by atomic mass is 10.1. The summed E-state index contributed by atoms with van der Waals surface area (Å²) in [6.07, 6.45) is -9.41. The van der Waals surface area contributed by atoms with Gasteiger partial charge >= 0.3 is 18.6 Å². The van der Waals surface area contributed by atoms with Gasteiger partial charge < -0.3 is 19.2 Å².